The zero-order chi connectivity index (χ0) is 24.5. The molecule has 0 aliphatic rings. The molecular formula is C28H30ClFN2O2. The largest absolute Gasteiger partial charge is 0.354 e. The van der Waals surface area contributed by atoms with Crippen molar-refractivity contribution in [1.29, 1.82) is 0 Å². The first-order valence-corrected chi connectivity index (χ1v) is 11.8. The van der Waals surface area contributed by atoms with Crippen LogP contribution in [-0.4, -0.2) is 29.3 Å². The molecule has 0 bridgehead atoms. The maximum Gasteiger partial charge on any atom is 0.243 e. The van der Waals surface area contributed by atoms with Crippen molar-refractivity contribution in [3.05, 3.63) is 106 Å². The van der Waals surface area contributed by atoms with Gasteiger partial charge in [-0.15, -0.1) is 0 Å². The number of hydrogen-bond donors (Lipinski definition) is 1. The van der Waals surface area contributed by atoms with E-state index in [-0.39, 0.29) is 36.3 Å². The Morgan fingerprint density at radius 2 is 1.53 bits per heavy atom. The van der Waals surface area contributed by atoms with Gasteiger partial charge in [0.2, 0.25) is 11.8 Å². The molecule has 0 aliphatic carbocycles. The second-order valence-corrected chi connectivity index (χ2v) is 9.13. The fraction of sp³-hybridized carbons (Fsp3) is 0.286. The van der Waals surface area contributed by atoms with Crippen LogP contribution in [0.15, 0.2) is 78.9 Å². The summed E-state index contributed by atoms with van der Waals surface area (Å²) in [5, 5.41) is 3.48. The summed E-state index contributed by atoms with van der Waals surface area (Å²) in [4.78, 5) is 28.5. The van der Waals surface area contributed by atoms with Gasteiger partial charge in [-0.1, -0.05) is 92.2 Å². The highest BCUT2D eigenvalue weighted by Crippen LogP contribution is 2.22. The summed E-state index contributed by atoms with van der Waals surface area (Å²) >= 11 is 6.41. The summed E-state index contributed by atoms with van der Waals surface area (Å²) in [5.74, 6) is -0.776. The SMILES string of the molecule is CC(C)CNC(=O)[C@H](Cc1ccccc1)N(Cc1ccccc1Cl)C(=O)Cc1ccccc1F. The normalized spacial score (nSPS) is 11.8. The summed E-state index contributed by atoms with van der Waals surface area (Å²) in [5.41, 5.74) is 1.94. The van der Waals surface area contributed by atoms with E-state index in [2.05, 4.69) is 5.32 Å². The average Bonchev–Trinajstić information content (AvgIpc) is 2.83. The molecule has 0 saturated heterocycles. The average molecular weight is 481 g/mol. The van der Waals surface area contributed by atoms with Gasteiger partial charge < -0.3 is 10.2 Å². The highest BCUT2D eigenvalue weighted by atomic mass is 35.5. The number of benzene rings is 3. The van der Waals surface area contributed by atoms with E-state index in [1.165, 1.54) is 11.0 Å². The molecule has 3 aromatic rings. The summed E-state index contributed by atoms with van der Waals surface area (Å²) < 4.78 is 14.3. The number of halogens is 2. The highest BCUT2D eigenvalue weighted by molar-refractivity contribution is 6.31. The van der Waals surface area contributed by atoms with Crippen LogP contribution in [0.3, 0.4) is 0 Å². The molecule has 0 saturated carbocycles. The van der Waals surface area contributed by atoms with Crippen LogP contribution in [0.5, 0.6) is 0 Å². The van der Waals surface area contributed by atoms with Crippen molar-refractivity contribution >= 4 is 23.4 Å². The zero-order valence-electron chi connectivity index (χ0n) is 19.5. The predicted molar refractivity (Wildman–Crippen MR) is 134 cm³/mol. The Labute approximate surface area is 205 Å². The quantitative estimate of drug-likeness (QED) is 0.420. The lowest BCUT2D eigenvalue weighted by molar-refractivity contribution is -0.140. The number of nitrogens with zero attached hydrogens (tertiary/aromatic N) is 1. The maximum atomic E-state index is 14.3. The molecule has 4 nitrogen and oxygen atoms in total. The van der Waals surface area contributed by atoms with Crippen molar-refractivity contribution in [2.45, 2.75) is 39.3 Å². The molecule has 178 valence electrons. The van der Waals surface area contributed by atoms with Gasteiger partial charge in [-0.3, -0.25) is 9.59 Å². The molecule has 34 heavy (non-hydrogen) atoms. The third kappa shape index (κ3) is 7.16. The number of amides is 2. The van der Waals surface area contributed by atoms with Crippen molar-refractivity contribution in [2.75, 3.05) is 6.54 Å². The summed E-state index contributed by atoms with van der Waals surface area (Å²) in [6, 6.07) is 22.2. The highest BCUT2D eigenvalue weighted by Gasteiger charge is 2.31. The van der Waals surface area contributed by atoms with Crippen LogP contribution in [0.4, 0.5) is 4.39 Å². The lowest BCUT2D eigenvalue weighted by Gasteiger charge is -2.32. The summed E-state index contributed by atoms with van der Waals surface area (Å²) in [6.07, 6.45) is 0.179. The van der Waals surface area contributed by atoms with Gasteiger partial charge in [0.25, 0.3) is 0 Å². The Kier molecular flexibility index (Phi) is 9.23. The van der Waals surface area contributed by atoms with E-state index in [0.717, 1.165) is 11.1 Å². The van der Waals surface area contributed by atoms with Gasteiger partial charge in [0.15, 0.2) is 0 Å². The van der Waals surface area contributed by atoms with E-state index in [1.807, 2.05) is 62.4 Å². The minimum absolute atomic E-state index is 0.138. The van der Waals surface area contributed by atoms with Crippen LogP contribution >= 0.6 is 11.6 Å². The molecule has 1 N–H and O–H groups in total. The first-order valence-electron chi connectivity index (χ1n) is 11.4. The minimum atomic E-state index is -0.781. The lowest BCUT2D eigenvalue weighted by atomic mass is 10.0. The fourth-order valence-corrected chi connectivity index (χ4v) is 3.89. The molecule has 0 radical (unpaired) electrons. The zero-order valence-corrected chi connectivity index (χ0v) is 20.3. The van der Waals surface area contributed by atoms with E-state index < -0.39 is 11.9 Å². The Morgan fingerprint density at radius 3 is 2.18 bits per heavy atom. The van der Waals surface area contributed by atoms with Crippen LogP contribution in [0.1, 0.15) is 30.5 Å². The van der Waals surface area contributed by atoms with Crippen molar-refractivity contribution < 1.29 is 14.0 Å². The van der Waals surface area contributed by atoms with E-state index in [0.29, 0.717) is 18.0 Å². The van der Waals surface area contributed by atoms with E-state index >= 15 is 0 Å². The second-order valence-electron chi connectivity index (χ2n) is 8.73. The topological polar surface area (TPSA) is 49.4 Å². The smallest absolute Gasteiger partial charge is 0.243 e. The van der Waals surface area contributed by atoms with Crippen LogP contribution < -0.4 is 5.32 Å². The molecule has 3 aromatic carbocycles. The number of nitrogens with one attached hydrogen (secondary N) is 1. The summed E-state index contributed by atoms with van der Waals surface area (Å²) in [7, 11) is 0. The molecule has 1 atom stereocenters. The second kappa shape index (κ2) is 12.3. The molecule has 0 unspecified atom stereocenters. The van der Waals surface area contributed by atoms with Gasteiger partial charge in [0, 0.05) is 24.5 Å². The van der Waals surface area contributed by atoms with Crippen molar-refractivity contribution in [3.8, 4) is 0 Å². The maximum absolute atomic E-state index is 14.3. The van der Waals surface area contributed by atoms with Crippen molar-refractivity contribution in [3.63, 3.8) is 0 Å². The van der Waals surface area contributed by atoms with Crippen LogP contribution in [0.2, 0.25) is 5.02 Å². The van der Waals surface area contributed by atoms with E-state index in [1.54, 1.807) is 24.3 Å². The van der Waals surface area contributed by atoms with Gasteiger partial charge in [-0.05, 0) is 34.7 Å². The fourth-order valence-electron chi connectivity index (χ4n) is 3.69. The molecule has 0 fully saturated rings. The van der Waals surface area contributed by atoms with E-state index in [4.69, 9.17) is 11.6 Å². The molecule has 3 rings (SSSR count). The molecule has 0 spiro atoms. The molecule has 0 aliphatic heterocycles. The summed E-state index contributed by atoms with van der Waals surface area (Å²) in [6.45, 7) is 4.65. The molecule has 0 heterocycles. The standard InChI is InChI=1S/C28H30ClFN2O2/c1-20(2)18-31-28(34)26(16-21-10-4-3-5-11-21)32(19-23-13-6-8-14-24(23)29)27(33)17-22-12-7-9-15-25(22)30/h3-15,20,26H,16-19H2,1-2H3,(H,31,34)/t26-/m0/s1. The number of rotatable bonds is 10. The molecule has 2 amide bonds. The third-order valence-corrected chi connectivity index (χ3v) is 5.92. The Hall–Kier alpha value is -3.18. The molecular weight excluding hydrogens is 451 g/mol. The predicted octanol–water partition coefficient (Wildman–Crippen LogP) is 5.43. The van der Waals surface area contributed by atoms with Crippen LogP contribution in [0, 0.1) is 11.7 Å². The Morgan fingerprint density at radius 1 is 0.912 bits per heavy atom. The first kappa shape index (κ1) is 25.4. The van der Waals surface area contributed by atoms with E-state index in [9.17, 15) is 14.0 Å². The lowest BCUT2D eigenvalue weighted by Crippen LogP contribution is -2.51. The monoisotopic (exact) mass is 480 g/mol. The Balaban J connectivity index is 1.98. The van der Waals surface area contributed by atoms with Crippen LogP contribution in [-0.2, 0) is 29.0 Å². The van der Waals surface area contributed by atoms with Crippen molar-refractivity contribution in [2.24, 2.45) is 5.92 Å². The Bertz CT molecular complexity index is 1100. The molecule has 6 heteroatoms. The number of carbonyl (C=O) groups excluding carboxylic acids is 2. The van der Waals surface area contributed by atoms with Gasteiger partial charge in [-0.25, -0.2) is 4.39 Å². The minimum Gasteiger partial charge on any atom is -0.354 e. The number of hydrogen-bond acceptors (Lipinski definition) is 2. The molecule has 0 aromatic heterocycles. The number of carbonyl (C=O) groups is 2. The van der Waals surface area contributed by atoms with Gasteiger partial charge in [0.05, 0.1) is 6.42 Å². The van der Waals surface area contributed by atoms with Gasteiger partial charge in [0.1, 0.15) is 11.9 Å². The van der Waals surface area contributed by atoms with Gasteiger partial charge >= 0.3 is 0 Å². The van der Waals surface area contributed by atoms with Gasteiger partial charge in [-0.2, -0.15) is 0 Å². The third-order valence-electron chi connectivity index (χ3n) is 5.55. The van der Waals surface area contributed by atoms with Crippen molar-refractivity contribution in [1.82, 2.24) is 10.2 Å². The first-order chi connectivity index (χ1) is 16.3. The van der Waals surface area contributed by atoms with Crippen LogP contribution in [0.25, 0.3) is 0 Å².